The molecule has 10 aromatic rings. The minimum atomic E-state index is 0.784. The van der Waals surface area contributed by atoms with Gasteiger partial charge in [0, 0.05) is 69.3 Å². The van der Waals surface area contributed by atoms with Crippen LogP contribution in [-0.2, 0) is 0 Å². The van der Waals surface area contributed by atoms with Crippen LogP contribution in [0.2, 0.25) is 0 Å². The number of nitrogens with zero attached hydrogens (tertiary/aromatic N) is 6. The van der Waals surface area contributed by atoms with Crippen LogP contribution in [0.5, 0.6) is 0 Å². The van der Waals surface area contributed by atoms with Crippen LogP contribution in [0.15, 0.2) is 255 Å². The van der Waals surface area contributed by atoms with Crippen LogP contribution in [0.1, 0.15) is 11.1 Å². The Morgan fingerprint density at radius 1 is 0.242 bits per heavy atom. The first-order valence-electron chi connectivity index (χ1n) is 22.2. The molecule has 0 atom stereocenters. The van der Waals surface area contributed by atoms with Gasteiger partial charge in [-0.3, -0.25) is 9.80 Å². The molecule has 2 heterocycles. The zero-order valence-electron chi connectivity index (χ0n) is 36.9. The molecule has 0 N–H and O–H groups in total. The standard InChI is InChI=1S/C60H48N6/c1-45-23-27-55(28-24-45)65(56-29-25-46(2)26-30-56)59-43-47(39-41-61-59)48-40-42-62-60(44-48)66(57-35-31-53(32-36-57)63(49-15-7-3-8-16-49)50-17-9-4-10-18-50)58-37-33-54(34-38-58)64(51-19-11-5-12-20-51)52-21-13-6-14-22-52/h3-44H,1-2H3. The van der Waals surface area contributed by atoms with Crippen LogP contribution in [0, 0.1) is 13.8 Å². The Hall–Kier alpha value is -8.74. The summed E-state index contributed by atoms with van der Waals surface area (Å²) >= 11 is 0. The fraction of sp³-hybridized carbons (Fsp3) is 0.0333. The molecule has 8 aromatic carbocycles. The van der Waals surface area contributed by atoms with Crippen molar-refractivity contribution in [1.29, 1.82) is 0 Å². The summed E-state index contributed by atoms with van der Waals surface area (Å²) in [5, 5.41) is 0. The van der Waals surface area contributed by atoms with Gasteiger partial charge in [0.25, 0.3) is 0 Å². The molecule has 0 saturated carbocycles. The molecule has 10 rings (SSSR count). The molecular formula is C60H48N6. The van der Waals surface area contributed by atoms with Gasteiger partial charge in [0.1, 0.15) is 11.6 Å². The summed E-state index contributed by atoms with van der Waals surface area (Å²) in [6.45, 7) is 4.22. The molecule has 0 radical (unpaired) electrons. The molecule has 0 spiro atoms. The molecule has 0 unspecified atom stereocenters. The van der Waals surface area contributed by atoms with E-state index in [-0.39, 0.29) is 0 Å². The van der Waals surface area contributed by atoms with Gasteiger partial charge in [-0.25, -0.2) is 9.97 Å². The van der Waals surface area contributed by atoms with Gasteiger partial charge >= 0.3 is 0 Å². The highest BCUT2D eigenvalue weighted by Gasteiger charge is 2.20. The molecule has 66 heavy (non-hydrogen) atoms. The van der Waals surface area contributed by atoms with Crippen molar-refractivity contribution in [1.82, 2.24) is 9.97 Å². The highest BCUT2D eigenvalue weighted by Crippen LogP contribution is 2.42. The summed E-state index contributed by atoms with van der Waals surface area (Å²) in [5.74, 6) is 1.61. The average molecular weight is 853 g/mol. The number of pyridine rings is 2. The summed E-state index contributed by atoms with van der Waals surface area (Å²) in [6.07, 6.45) is 3.79. The molecule has 2 aromatic heterocycles. The van der Waals surface area contributed by atoms with E-state index in [0.717, 1.165) is 79.6 Å². The van der Waals surface area contributed by atoms with Gasteiger partial charge in [0.05, 0.1) is 0 Å². The van der Waals surface area contributed by atoms with Crippen LogP contribution >= 0.6 is 0 Å². The van der Waals surface area contributed by atoms with Crippen molar-refractivity contribution in [2.75, 3.05) is 19.6 Å². The van der Waals surface area contributed by atoms with Crippen molar-refractivity contribution in [3.63, 3.8) is 0 Å². The van der Waals surface area contributed by atoms with Crippen molar-refractivity contribution in [2.24, 2.45) is 0 Å². The van der Waals surface area contributed by atoms with E-state index in [2.05, 4.69) is 276 Å². The summed E-state index contributed by atoms with van der Waals surface area (Å²) in [7, 11) is 0. The first kappa shape index (κ1) is 41.3. The van der Waals surface area contributed by atoms with Crippen LogP contribution in [-0.4, -0.2) is 9.97 Å². The van der Waals surface area contributed by atoms with Crippen LogP contribution in [0.3, 0.4) is 0 Å². The average Bonchev–Trinajstić information content (AvgIpc) is 3.38. The lowest BCUT2D eigenvalue weighted by atomic mass is 10.1. The zero-order valence-corrected chi connectivity index (χ0v) is 36.9. The lowest BCUT2D eigenvalue weighted by molar-refractivity contribution is 1.17. The van der Waals surface area contributed by atoms with Gasteiger partial charge < -0.3 is 9.80 Å². The van der Waals surface area contributed by atoms with E-state index in [1.54, 1.807) is 0 Å². The summed E-state index contributed by atoms with van der Waals surface area (Å²) in [6, 6.07) is 85.1. The van der Waals surface area contributed by atoms with E-state index in [9.17, 15) is 0 Å². The van der Waals surface area contributed by atoms with Crippen molar-refractivity contribution < 1.29 is 0 Å². The number of para-hydroxylation sites is 4. The Morgan fingerprint density at radius 3 is 0.742 bits per heavy atom. The Balaban J connectivity index is 1.07. The molecule has 0 amide bonds. The van der Waals surface area contributed by atoms with Crippen LogP contribution < -0.4 is 19.6 Å². The SMILES string of the molecule is Cc1ccc(N(c2ccc(C)cc2)c2cc(-c3ccnc(N(c4ccc(N(c5ccccc5)c5ccccc5)cc4)c4ccc(N(c5ccccc5)c5ccccc5)cc4)c3)ccn2)cc1. The minimum absolute atomic E-state index is 0.784. The predicted molar refractivity (Wildman–Crippen MR) is 276 cm³/mol. The van der Waals surface area contributed by atoms with Crippen LogP contribution in [0.4, 0.5) is 68.5 Å². The number of benzene rings is 8. The largest absolute Gasteiger partial charge is 0.311 e. The number of rotatable bonds is 13. The third-order valence-electron chi connectivity index (χ3n) is 11.7. The van der Waals surface area contributed by atoms with Crippen molar-refractivity contribution in [3.05, 3.63) is 266 Å². The van der Waals surface area contributed by atoms with Crippen molar-refractivity contribution >= 4 is 68.5 Å². The molecule has 0 saturated heterocycles. The highest BCUT2D eigenvalue weighted by molar-refractivity contribution is 5.84. The third-order valence-corrected chi connectivity index (χ3v) is 11.7. The smallest absolute Gasteiger partial charge is 0.138 e. The van der Waals surface area contributed by atoms with Gasteiger partial charge in [0.15, 0.2) is 0 Å². The summed E-state index contributed by atoms with van der Waals surface area (Å²) in [4.78, 5) is 19.0. The third kappa shape index (κ3) is 8.89. The van der Waals surface area contributed by atoms with Gasteiger partial charge in [-0.2, -0.15) is 0 Å². The molecule has 0 aliphatic heterocycles. The van der Waals surface area contributed by atoms with Gasteiger partial charge in [-0.1, -0.05) is 108 Å². The molecule has 0 bridgehead atoms. The Bertz CT molecular complexity index is 2880. The minimum Gasteiger partial charge on any atom is -0.311 e. The van der Waals surface area contributed by atoms with E-state index < -0.39 is 0 Å². The monoisotopic (exact) mass is 852 g/mol. The molecule has 0 aliphatic carbocycles. The maximum atomic E-state index is 5.07. The topological polar surface area (TPSA) is 38.7 Å². The lowest BCUT2D eigenvalue weighted by Crippen LogP contribution is -2.14. The maximum Gasteiger partial charge on any atom is 0.138 e. The first-order valence-corrected chi connectivity index (χ1v) is 22.2. The quantitative estimate of drug-likeness (QED) is 0.115. The molecule has 0 aliphatic rings. The molecule has 0 fully saturated rings. The second-order valence-electron chi connectivity index (χ2n) is 16.2. The van der Waals surface area contributed by atoms with Crippen molar-refractivity contribution in [3.8, 4) is 11.1 Å². The lowest BCUT2D eigenvalue weighted by Gasteiger charge is -2.29. The van der Waals surface area contributed by atoms with Gasteiger partial charge in [-0.15, -0.1) is 0 Å². The second kappa shape index (κ2) is 18.9. The number of hydrogen-bond donors (Lipinski definition) is 0. The number of aromatic nitrogens is 2. The van der Waals surface area contributed by atoms with E-state index in [4.69, 9.17) is 9.97 Å². The van der Waals surface area contributed by atoms with E-state index in [0.29, 0.717) is 0 Å². The van der Waals surface area contributed by atoms with Crippen molar-refractivity contribution in [2.45, 2.75) is 13.8 Å². The Kier molecular flexibility index (Phi) is 11.8. The molecule has 318 valence electrons. The van der Waals surface area contributed by atoms with E-state index in [1.807, 2.05) is 12.4 Å². The Morgan fingerprint density at radius 2 is 0.470 bits per heavy atom. The number of hydrogen-bond acceptors (Lipinski definition) is 6. The highest BCUT2D eigenvalue weighted by atomic mass is 15.2. The molecule has 6 nitrogen and oxygen atoms in total. The maximum absolute atomic E-state index is 5.07. The molecular weight excluding hydrogens is 805 g/mol. The normalized spacial score (nSPS) is 10.9. The zero-order chi connectivity index (χ0) is 44.7. The predicted octanol–water partition coefficient (Wildman–Crippen LogP) is 16.6. The Labute approximate surface area is 387 Å². The van der Waals surface area contributed by atoms with Crippen LogP contribution in [0.25, 0.3) is 11.1 Å². The number of aryl methyl sites for hydroxylation is 2. The fourth-order valence-electron chi connectivity index (χ4n) is 8.36. The first-order chi connectivity index (χ1) is 32.6. The summed E-state index contributed by atoms with van der Waals surface area (Å²) < 4.78 is 0. The van der Waals surface area contributed by atoms with Gasteiger partial charge in [0.2, 0.25) is 0 Å². The summed E-state index contributed by atoms with van der Waals surface area (Å²) in [5.41, 5.74) is 14.9. The van der Waals surface area contributed by atoms with Gasteiger partial charge in [-0.05, 0) is 171 Å². The fourth-order valence-corrected chi connectivity index (χ4v) is 8.36. The second-order valence-corrected chi connectivity index (χ2v) is 16.2. The van der Waals surface area contributed by atoms with E-state index in [1.165, 1.54) is 11.1 Å². The number of anilines is 12. The van der Waals surface area contributed by atoms with E-state index >= 15 is 0 Å². The molecule has 6 heteroatoms.